The number of amides is 2. The van der Waals surface area contributed by atoms with Gasteiger partial charge in [0, 0.05) is 6.61 Å². The van der Waals surface area contributed by atoms with Gasteiger partial charge in [0.25, 0.3) is 0 Å². The first-order valence-corrected chi connectivity index (χ1v) is 9.74. The fraction of sp³-hybridized carbons (Fsp3) is 0.409. The lowest BCUT2D eigenvalue weighted by Gasteiger charge is -2.29. The lowest BCUT2D eigenvalue weighted by atomic mass is 9.96. The third-order valence-electron chi connectivity index (χ3n) is 5.02. The first-order chi connectivity index (χ1) is 14.0. The number of cyclic esters (lactones) is 1. The van der Waals surface area contributed by atoms with Gasteiger partial charge in [-0.25, -0.2) is 9.69 Å². The molecule has 0 bridgehead atoms. The molecular weight excluding hydrogens is 374 g/mol. The number of unbranched alkanes of at least 4 members (excludes halogenated alkanes) is 1. The molecule has 3 atom stereocenters. The van der Waals surface area contributed by atoms with E-state index in [1.165, 1.54) is 6.08 Å². The predicted molar refractivity (Wildman–Crippen MR) is 105 cm³/mol. The molecule has 154 valence electrons. The number of rotatable bonds is 7. The standard InChI is InChI=1S/C22H25NO6/c1-15(20-19(25)11-10-18(29-20)9-5-6-12-24)21(26)23-17(14-28-22(23)27)13-16-7-3-2-4-8-16/h2-4,7-11,15,17,20,24H,5-6,12-14H2,1H3/t15-,17-,20-/m0/s1. The Balaban J connectivity index is 1.72. The van der Waals surface area contributed by atoms with Crippen LogP contribution in [0.4, 0.5) is 4.79 Å². The molecule has 0 aliphatic carbocycles. The van der Waals surface area contributed by atoms with Crippen LogP contribution in [0.25, 0.3) is 0 Å². The van der Waals surface area contributed by atoms with Crippen molar-refractivity contribution in [3.8, 4) is 0 Å². The largest absolute Gasteiger partial charge is 0.482 e. The molecule has 1 fully saturated rings. The lowest BCUT2D eigenvalue weighted by Crippen LogP contribution is -2.48. The maximum atomic E-state index is 13.1. The summed E-state index contributed by atoms with van der Waals surface area (Å²) in [6.45, 7) is 1.77. The number of allylic oxidation sites excluding steroid dienone is 2. The lowest BCUT2D eigenvalue weighted by molar-refractivity contribution is -0.142. The summed E-state index contributed by atoms with van der Waals surface area (Å²) in [7, 11) is 0. The van der Waals surface area contributed by atoms with Gasteiger partial charge in [-0.2, -0.15) is 0 Å². The van der Waals surface area contributed by atoms with Gasteiger partial charge in [0.05, 0.1) is 12.0 Å². The second kappa shape index (κ2) is 9.52. The highest BCUT2D eigenvalue weighted by Gasteiger charge is 2.43. The molecule has 2 heterocycles. The number of imide groups is 1. The summed E-state index contributed by atoms with van der Waals surface area (Å²) < 4.78 is 10.8. The van der Waals surface area contributed by atoms with Gasteiger partial charge in [-0.1, -0.05) is 30.3 Å². The summed E-state index contributed by atoms with van der Waals surface area (Å²) in [6.07, 6.45) is 4.66. The van der Waals surface area contributed by atoms with Gasteiger partial charge in [-0.15, -0.1) is 0 Å². The normalized spacial score (nSPS) is 23.8. The molecule has 29 heavy (non-hydrogen) atoms. The summed E-state index contributed by atoms with van der Waals surface area (Å²) in [5.74, 6) is -1.18. The highest BCUT2D eigenvalue weighted by atomic mass is 16.6. The smallest absolute Gasteiger partial charge is 0.416 e. The van der Waals surface area contributed by atoms with Gasteiger partial charge in [0.1, 0.15) is 12.4 Å². The maximum Gasteiger partial charge on any atom is 0.416 e. The average Bonchev–Trinajstić information content (AvgIpc) is 3.09. The second-order valence-electron chi connectivity index (χ2n) is 7.16. The number of nitrogens with zero attached hydrogens (tertiary/aromatic N) is 1. The number of hydrogen-bond donors (Lipinski definition) is 1. The zero-order valence-corrected chi connectivity index (χ0v) is 16.3. The molecule has 1 saturated heterocycles. The fourth-order valence-corrected chi connectivity index (χ4v) is 3.42. The van der Waals surface area contributed by atoms with E-state index in [1.54, 1.807) is 19.1 Å². The van der Waals surface area contributed by atoms with Crippen LogP contribution in [0.15, 0.2) is 54.3 Å². The van der Waals surface area contributed by atoms with Crippen molar-refractivity contribution >= 4 is 17.8 Å². The van der Waals surface area contributed by atoms with Crippen LogP contribution in [0.5, 0.6) is 0 Å². The van der Waals surface area contributed by atoms with Crippen molar-refractivity contribution in [1.82, 2.24) is 4.90 Å². The van der Waals surface area contributed by atoms with Gasteiger partial charge in [0.15, 0.2) is 11.9 Å². The quantitative estimate of drug-likeness (QED) is 0.708. The number of carbonyl (C=O) groups is 3. The molecule has 0 saturated carbocycles. The first kappa shape index (κ1) is 20.8. The summed E-state index contributed by atoms with van der Waals surface area (Å²) in [6, 6.07) is 9.12. The van der Waals surface area contributed by atoms with Crippen molar-refractivity contribution in [2.45, 2.75) is 38.3 Å². The highest BCUT2D eigenvalue weighted by Crippen LogP contribution is 2.25. The van der Waals surface area contributed by atoms with Crippen molar-refractivity contribution in [2.75, 3.05) is 13.2 Å². The monoisotopic (exact) mass is 399 g/mol. The Labute approximate surface area is 169 Å². The summed E-state index contributed by atoms with van der Waals surface area (Å²) in [4.78, 5) is 38.7. The Kier molecular flexibility index (Phi) is 6.82. The summed E-state index contributed by atoms with van der Waals surface area (Å²) in [5, 5.41) is 8.89. The molecule has 1 aromatic carbocycles. The SMILES string of the molecule is C[C@H](C(=O)N1C(=O)OC[C@@H]1Cc1ccccc1)[C@@H]1OC(=CCCCO)C=CC1=O. The van der Waals surface area contributed by atoms with Crippen LogP contribution in [-0.4, -0.2) is 53.1 Å². The summed E-state index contributed by atoms with van der Waals surface area (Å²) >= 11 is 0. The van der Waals surface area contributed by atoms with Gasteiger partial charge in [-0.3, -0.25) is 9.59 Å². The Bertz CT molecular complexity index is 816. The van der Waals surface area contributed by atoms with Crippen molar-refractivity contribution in [3.63, 3.8) is 0 Å². The zero-order chi connectivity index (χ0) is 20.8. The van der Waals surface area contributed by atoms with Crippen molar-refractivity contribution in [3.05, 3.63) is 59.9 Å². The molecule has 7 nitrogen and oxygen atoms in total. The molecule has 2 aliphatic heterocycles. The Morgan fingerprint density at radius 3 is 2.76 bits per heavy atom. The van der Waals surface area contributed by atoms with Crippen LogP contribution in [0.2, 0.25) is 0 Å². The van der Waals surface area contributed by atoms with Crippen molar-refractivity contribution in [1.29, 1.82) is 0 Å². The minimum atomic E-state index is -1.00. The van der Waals surface area contributed by atoms with E-state index < -0.39 is 30.1 Å². The number of ether oxygens (including phenoxy) is 2. The van der Waals surface area contributed by atoms with E-state index in [0.717, 1.165) is 10.5 Å². The van der Waals surface area contributed by atoms with Crippen LogP contribution in [-0.2, 0) is 25.5 Å². The van der Waals surface area contributed by atoms with Crippen LogP contribution in [0.1, 0.15) is 25.3 Å². The van der Waals surface area contributed by atoms with Gasteiger partial charge in [0.2, 0.25) is 5.91 Å². The fourth-order valence-electron chi connectivity index (χ4n) is 3.42. The second-order valence-corrected chi connectivity index (χ2v) is 7.16. The molecule has 2 aliphatic rings. The van der Waals surface area contributed by atoms with Crippen molar-refractivity contribution < 1.29 is 29.0 Å². The Morgan fingerprint density at radius 1 is 1.28 bits per heavy atom. The molecule has 7 heteroatoms. The number of carbonyl (C=O) groups excluding carboxylic acids is 3. The van der Waals surface area contributed by atoms with Crippen LogP contribution in [0, 0.1) is 5.92 Å². The molecule has 0 unspecified atom stereocenters. The minimum Gasteiger partial charge on any atom is -0.482 e. The third kappa shape index (κ3) is 4.92. The number of aliphatic hydroxyl groups excluding tert-OH is 1. The van der Waals surface area contributed by atoms with Crippen LogP contribution in [0.3, 0.4) is 0 Å². The molecule has 3 rings (SSSR count). The maximum absolute atomic E-state index is 13.1. The van der Waals surface area contributed by atoms with E-state index in [9.17, 15) is 14.4 Å². The zero-order valence-electron chi connectivity index (χ0n) is 16.3. The van der Waals surface area contributed by atoms with E-state index in [-0.39, 0.29) is 19.0 Å². The molecule has 0 radical (unpaired) electrons. The minimum absolute atomic E-state index is 0.0601. The third-order valence-corrected chi connectivity index (χ3v) is 5.02. The van der Waals surface area contributed by atoms with E-state index >= 15 is 0 Å². The number of aliphatic hydroxyl groups is 1. The topological polar surface area (TPSA) is 93.1 Å². The Morgan fingerprint density at radius 2 is 2.03 bits per heavy atom. The first-order valence-electron chi connectivity index (χ1n) is 9.74. The number of benzene rings is 1. The van der Waals surface area contributed by atoms with Gasteiger partial charge < -0.3 is 14.6 Å². The molecule has 0 spiro atoms. The summed E-state index contributed by atoms with van der Waals surface area (Å²) in [5.41, 5.74) is 0.989. The van der Waals surface area contributed by atoms with E-state index in [2.05, 4.69) is 0 Å². The predicted octanol–water partition coefficient (Wildman–Crippen LogP) is 2.39. The molecule has 2 amide bonds. The number of ketones is 1. The highest BCUT2D eigenvalue weighted by molar-refractivity contribution is 6.01. The van der Waals surface area contributed by atoms with Gasteiger partial charge >= 0.3 is 6.09 Å². The molecule has 0 aromatic heterocycles. The number of hydrogen-bond acceptors (Lipinski definition) is 6. The van der Waals surface area contributed by atoms with Crippen molar-refractivity contribution in [2.24, 2.45) is 5.92 Å². The molecule has 1 N–H and O–H groups in total. The van der Waals surface area contributed by atoms with Gasteiger partial charge in [-0.05, 0) is 50.0 Å². The molecular formula is C22H25NO6. The average molecular weight is 399 g/mol. The Hall–Kier alpha value is -2.93. The molecule has 1 aromatic rings. The van der Waals surface area contributed by atoms with E-state index in [1.807, 2.05) is 30.3 Å². The van der Waals surface area contributed by atoms with E-state index in [4.69, 9.17) is 14.6 Å². The van der Waals surface area contributed by atoms with E-state index in [0.29, 0.717) is 25.0 Å². The van der Waals surface area contributed by atoms with Crippen LogP contribution < -0.4 is 0 Å². The van der Waals surface area contributed by atoms with Crippen LogP contribution >= 0.6 is 0 Å².